The first kappa shape index (κ1) is 30.4. The van der Waals surface area contributed by atoms with E-state index in [4.69, 9.17) is 4.74 Å². The molecule has 4 aromatic rings. The van der Waals surface area contributed by atoms with Crippen LogP contribution in [0.15, 0.2) is 77.7 Å². The fourth-order valence-corrected chi connectivity index (χ4v) is 6.77. The Hall–Kier alpha value is -4.58. The Morgan fingerprint density at radius 2 is 1.45 bits per heavy atom. The lowest BCUT2D eigenvalue weighted by Crippen LogP contribution is -2.36. The molecule has 0 bridgehead atoms. The number of hydrogen-bond donors (Lipinski definition) is 2. The summed E-state index contributed by atoms with van der Waals surface area (Å²) in [4.78, 5) is 23.9. The van der Waals surface area contributed by atoms with Gasteiger partial charge in [-0.05, 0) is 56.2 Å². The molecule has 42 heavy (non-hydrogen) atoms. The zero-order valence-electron chi connectivity index (χ0n) is 22.6. The summed E-state index contributed by atoms with van der Waals surface area (Å²) in [5, 5.41) is 20.0. The highest BCUT2D eigenvalue weighted by Crippen LogP contribution is 2.39. The number of carboxylic acids is 2. The number of carbonyl (C=O) groups is 2. The maximum Gasteiger partial charge on any atom is 0.416 e. The van der Waals surface area contributed by atoms with Crippen molar-refractivity contribution in [2.24, 2.45) is 0 Å². The molecule has 1 atom stereocenters. The van der Waals surface area contributed by atoms with Crippen LogP contribution in [0, 0.1) is 20.8 Å². The molecule has 0 saturated heterocycles. The zero-order valence-corrected chi connectivity index (χ0v) is 23.5. The van der Waals surface area contributed by atoms with E-state index in [0.29, 0.717) is 11.1 Å². The highest BCUT2D eigenvalue weighted by molar-refractivity contribution is 7.93. The summed E-state index contributed by atoms with van der Waals surface area (Å²) in [5.74, 6) is -2.88. The second-order valence-corrected chi connectivity index (χ2v) is 11.5. The summed E-state index contributed by atoms with van der Waals surface area (Å²) < 4.78 is 73.5. The molecular weight excluding hydrogens is 575 g/mol. The van der Waals surface area contributed by atoms with Gasteiger partial charge in [0.05, 0.1) is 16.1 Å². The van der Waals surface area contributed by atoms with Gasteiger partial charge in [-0.25, -0.2) is 13.2 Å². The molecule has 4 rings (SSSR count). The lowest BCUT2D eigenvalue weighted by molar-refractivity contribution is -0.145. The third-order valence-corrected chi connectivity index (χ3v) is 8.64. The number of aliphatic carboxylic acids is 2. The molecule has 12 heteroatoms. The molecule has 4 aromatic carbocycles. The van der Waals surface area contributed by atoms with E-state index in [2.05, 4.69) is 0 Å². The highest BCUT2D eigenvalue weighted by Gasteiger charge is 2.33. The summed E-state index contributed by atoms with van der Waals surface area (Å²) in [6, 6.07) is 15.7. The van der Waals surface area contributed by atoms with E-state index < -0.39 is 46.4 Å². The Labute approximate surface area is 239 Å². The van der Waals surface area contributed by atoms with E-state index in [1.807, 2.05) is 6.92 Å². The smallest absolute Gasteiger partial charge is 0.416 e. The van der Waals surface area contributed by atoms with Gasteiger partial charge in [-0.15, -0.1) is 0 Å². The van der Waals surface area contributed by atoms with Crippen LogP contribution in [0.25, 0.3) is 10.8 Å². The van der Waals surface area contributed by atoms with Gasteiger partial charge in [-0.2, -0.15) is 13.2 Å². The molecule has 0 spiro atoms. The van der Waals surface area contributed by atoms with Crippen molar-refractivity contribution in [3.8, 4) is 5.75 Å². The molecule has 0 aromatic heterocycles. The van der Waals surface area contributed by atoms with Gasteiger partial charge in [0.25, 0.3) is 10.0 Å². The van der Waals surface area contributed by atoms with E-state index in [1.54, 1.807) is 38.1 Å². The molecule has 2 N–H and O–H groups in total. The SMILES string of the molecule is Cc1cc(C)c(S(=O)(=O)N(CC(=O)O)c2ccc(OC(C(=O)O)c3ccc(C(F)(F)F)cc3)c3ccccc23)c(C)c1. The Morgan fingerprint density at radius 1 is 0.881 bits per heavy atom. The number of halogens is 3. The maximum atomic E-state index is 14.0. The third kappa shape index (κ3) is 6.03. The van der Waals surface area contributed by atoms with Crippen molar-refractivity contribution < 1.29 is 46.1 Å². The summed E-state index contributed by atoms with van der Waals surface area (Å²) in [7, 11) is -4.40. The minimum Gasteiger partial charge on any atom is -0.480 e. The molecule has 0 heterocycles. The third-order valence-electron chi connectivity index (χ3n) is 6.57. The number of alkyl halides is 3. The number of rotatable bonds is 9. The Balaban J connectivity index is 1.84. The van der Waals surface area contributed by atoms with E-state index in [9.17, 15) is 41.4 Å². The number of carboxylic acid groups (broad SMARTS) is 2. The fraction of sp³-hybridized carbons (Fsp3) is 0.200. The average molecular weight is 602 g/mol. The van der Waals surface area contributed by atoms with Gasteiger partial charge in [-0.3, -0.25) is 9.10 Å². The number of benzene rings is 4. The predicted molar refractivity (Wildman–Crippen MR) is 149 cm³/mol. The zero-order chi connectivity index (χ0) is 31.0. The van der Waals surface area contributed by atoms with E-state index >= 15 is 0 Å². The lowest BCUT2D eigenvalue weighted by atomic mass is 10.1. The van der Waals surface area contributed by atoms with Crippen LogP contribution in [0.5, 0.6) is 5.75 Å². The van der Waals surface area contributed by atoms with Crippen LogP contribution in [-0.4, -0.2) is 37.1 Å². The van der Waals surface area contributed by atoms with Crippen molar-refractivity contribution >= 4 is 38.4 Å². The molecule has 0 aliphatic carbocycles. The average Bonchev–Trinajstić information content (AvgIpc) is 2.89. The van der Waals surface area contributed by atoms with Gasteiger partial charge in [-0.1, -0.05) is 54.1 Å². The minimum atomic E-state index is -4.61. The van der Waals surface area contributed by atoms with Crippen LogP contribution in [0.2, 0.25) is 0 Å². The first-order valence-corrected chi connectivity index (χ1v) is 14.0. The van der Waals surface area contributed by atoms with Crippen LogP contribution in [-0.2, 0) is 25.8 Å². The summed E-state index contributed by atoms with van der Waals surface area (Å²) in [6.07, 6.45) is -6.31. The predicted octanol–water partition coefficient (Wildman–Crippen LogP) is 6.27. The second-order valence-electron chi connectivity index (χ2n) is 9.72. The monoisotopic (exact) mass is 601 g/mol. The topological polar surface area (TPSA) is 121 Å². The fourth-order valence-electron chi connectivity index (χ4n) is 4.92. The van der Waals surface area contributed by atoms with Gasteiger partial charge >= 0.3 is 18.1 Å². The van der Waals surface area contributed by atoms with E-state index in [1.165, 1.54) is 24.3 Å². The number of aryl methyl sites for hydroxylation is 3. The van der Waals surface area contributed by atoms with Crippen molar-refractivity contribution in [1.82, 2.24) is 0 Å². The van der Waals surface area contributed by atoms with Crippen LogP contribution in [0.4, 0.5) is 18.9 Å². The van der Waals surface area contributed by atoms with Crippen LogP contribution >= 0.6 is 0 Å². The number of ether oxygens (including phenoxy) is 1. The van der Waals surface area contributed by atoms with Crippen molar-refractivity contribution in [2.45, 2.75) is 37.9 Å². The molecule has 220 valence electrons. The summed E-state index contributed by atoms with van der Waals surface area (Å²) in [6.45, 7) is 4.15. The van der Waals surface area contributed by atoms with E-state index in [0.717, 1.165) is 34.1 Å². The first-order chi connectivity index (χ1) is 19.6. The van der Waals surface area contributed by atoms with Crippen molar-refractivity contribution in [3.05, 3.63) is 101 Å². The second kappa shape index (κ2) is 11.4. The molecule has 0 saturated carbocycles. The normalized spacial score (nSPS) is 12.6. The molecule has 0 radical (unpaired) electrons. The molecule has 0 amide bonds. The maximum absolute atomic E-state index is 14.0. The Bertz CT molecular complexity index is 1760. The van der Waals surface area contributed by atoms with Gasteiger partial charge in [0.2, 0.25) is 6.10 Å². The van der Waals surface area contributed by atoms with Crippen LogP contribution < -0.4 is 9.04 Å². The molecule has 0 aliphatic heterocycles. The standard InChI is InChI=1S/C30H26F3NO7S/c1-17-14-18(2)28(19(3)15-17)42(39,40)34(16-26(35)36)24-12-13-25(23-7-5-4-6-22(23)24)41-27(29(37)38)20-8-10-21(11-9-20)30(31,32)33/h4-15,27H,16H2,1-3H3,(H,35,36)(H,37,38). The summed E-state index contributed by atoms with van der Waals surface area (Å²) >= 11 is 0. The van der Waals surface area contributed by atoms with Gasteiger partial charge < -0.3 is 14.9 Å². The van der Waals surface area contributed by atoms with Gasteiger partial charge in [0.1, 0.15) is 12.3 Å². The molecule has 0 aliphatic rings. The number of nitrogens with zero attached hydrogens (tertiary/aromatic N) is 1. The molecule has 0 fully saturated rings. The number of anilines is 1. The Kier molecular flexibility index (Phi) is 8.22. The first-order valence-electron chi connectivity index (χ1n) is 12.5. The van der Waals surface area contributed by atoms with Gasteiger partial charge in [0.15, 0.2) is 0 Å². The van der Waals surface area contributed by atoms with Crippen LogP contribution in [0.1, 0.15) is 33.9 Å². The molecular formula is C30H26F3NO7S. The Morgan fingerprint density at radius 3 is 1.98 bits per heavy atom. The van der Waals surface area contributed by atoms with Crippen molar-refractivity contribution in [2.75, 3.05) is 10.8 Å². The van der Waals surface area contributed by atoms with Crippen LogP contribution in [0.3, 0.4) is 0 Å². The minimum absolute atomic E-state index is 0.00276. The number of hydrogen-bond acceptors (Lipinski definition) is 5. The largest absolute Gasteiger partial charge is 0.480 e. The summed E-state index contributed by atoms with van der Waals surface area (Å²) in [5.41, 5.74) is 0.719. The highest BCUT2D eigenvalue weighted by atomic mass is 32.2. The van der Waals surface area contributed by atoms with Gasteiger partial charge in [0, 0.05) is 16.3 Å². The van der Waals surface area contributed by atoms with E-state index in [-0.39, 0.29) is 32.7 Å². The number of fused-ring (bicyclic) bond motifs is 1. The van der Waals surface area contributed by atoms with Crippen molar-refractivity contribution in [3.63, 3.8) is 0 Å². The quantitative estimate of drug-likeness (QED) is 0.232. The molecule has 1 unspecified atom stereocenters. The van der Waals surface area contributed by atoms with Crippen molar-refractivity contribution in [1.29, 1.82) is 0 Å². The number of sulfonamides is 1. The lowest BCUT2D eigenvalue weighted by Gasteiger charge is -2.27. The molecule has 8 nitrogen and oxygen atoms in total.